The number of fused-ring (bicyclic) bond motifs is 1. The standard InChI is InChI=1S/C24H24O.2H2/c1-24(2,3)17-22(25)16-21-9-5-4-8-18(21)14-15-20-11-6-10-19-12-7-13-23(19)20;;/h4-11,13H,12,16-17H2,1-3H3;2*1H. The number of hydrogen-bond acceptors (Lipinski definition) is 1. The molecule has 2 aromatic rings. The van der Waals surface area contributed by atoms with Gasteiger partial charge in [-0.3, -0.25) is 4.79 Å². The van der Waals surface area contributed by atoms with E-state index in [1.807, 2.05) is 24.3 Å². The van der Waals surface area contributed by atoms with Crippen LogP contribution in [0.1, 0.15) is 57.9 Å². The second-order valence-corrected chi connectivity index (χ2v) is 7.84. The van der Waals surface area contributed by atoms with Crippen molar-refractivity contribution in [3.63, 3.8) is 0 Å². The van der Waals surface area contributed by atoms with Crippen LogP contribution in [0.15, 0.2) is 48.5 Å². The van der Waals surface area contributed by atoms with Crippen LogP contribution in [0.2, 0.25) is 0 Å². The quantitative estimate of drug-likeness (QED) is 0.659. The van der Waals surface area contributed by atoms with Crippen molar-refractivity contribution in [1.82, 2.24) is 0 Å². The third-order valence-corrected chi connectivity index (χ3v) is 4.28. The number of hydrogen-bond donors (Lipinski definition) is 0. The van der Waals surface area contributed by atoms with Crippen LogP contribution in [-0.4, -0.2) is 5.78 Å². The zero-order chi connectivity index (χ0) is 17.9. The van der Waals surface area contributed by atoms with Crippen LogP contribution in [-0.2, 0) is 17.6 Å². The van der Waals surface area contributed by atoms with E-state index in [-0.39, 0.29) is 14.1 Å². The Morgan fingerprint density at radius 3 is 2.56 bits per heavy atom. The van der Waals surface area contributed by atoms with Gasteiger partial charge in [0, 0.05) is 26.8 Å². The number of Topliss-reactive ketones (excluding diaryl/α,β-unsaturated/α-hetero) is 1. The Labute approximate surface area is 153 Å². The Morgan fingerprint density at radius 1 is 1.04 bits per heavy atom. The fourth-order valence-electron chi connectivity index (χ4n) is 3.20. The molecule has 0 N–H and O–H groups in total. The third kappa shape index (κ3) is 4.48. The van der Waals surface area contributed by atoms with Crippen LogP contribution in [0.3, 0.4) is 0 Å². The van der Waals surface area contributed by atoms with Crippen LogP contribution < -0.4 is 0 Å². The summed E-state index contributed by atoms with van der Waals surface area (Å²) in [6, 6.07) is 14.3. The van der Waals surface area contributed by atoms with Crippen molar-refractivity contribution in [3.05, 3.63) is 76.4 Å². The van der Waals surface area contributed by atoms with Gasteiger partial charge >= 0.3 is 0 Å². The molecule has 130 valence electrons. The monoisotopic (exact) mass is 332 g/mol. The van der Waals surface area contributed by atoms with Gasteiger partial charge in [-0.05, 0) is 40.7 Å². The Morgan fingerprint density at radius 2 is 1.76 bits per heavy atom. The highest BCUT2D eigenvalue weighted by molar-refractivity contribution is 5.82. The summed E-state index contributed by atoms with van der Waals surface area (Å²) < 4.78 is 0. The lowest BCUT2D eigenvalue weighted by Gasteiger charge is -2.16. The lowest BCUT2D eigenvalue weighted by atomic mass is 9.87. The van der Waals surface area contributed by atoms with Crippen molar-refractivity contribution in [2.75, 3.05) is 0 Å². The van der Waals surface area contributed by atoms with Gasteiger partial charge in [0.1, 0.15) is 5.78 Å². The molecule has 0 spiro atoms. The van der Waals surface area contributed by atoms with Crippen molar-refractivity contribution >= 4 is 11.9 Å². The maximum absolute atomic E-state index is 12.4. The second-order valence-electron chi connectivity index (χ2n) is 7.84. The number of rotatable bonds is 3. The van der Waals surface area contributed by atoms with Crippen molar-refractivity contribution in [1.29, 1.82) is 0 Å². The highest BCUT2D eigenvalue weighted by atomic mass is 16.1. The van der Waals surface area contributed by atoms with Crippen molar-refractivity contribution < 1.29 is 7.65 Å². The molecule has 0 saturated heterocycles. The Bertz CT molecular complexity index is 893. The molecule has 25 heavy (non-hydrogen) atoms. The van der Waals surface area contributed by atoms with E-state index >= 15 is 0 Å². The first kappa shape index (κ1) is 17.2. The maximum Gasteiger partial charge on any atom is 0.137 e. The number of ketones is 1. The van der Waals surface area contributed by atoms with Crippen LogP contribution in [0.5, 0.6) is 0 Å². The Balaban J connectivity index is 0.00000182. The summed E-state index contributed by atoms with van der Waals surface area (Å²) in [5.74, 6) is 6.87. The van der Waals surface area contributed by atoms with Crippen molar-refractivity contribution in [2.24, 2.45) is 5.41 Å². The maximum atomic E-state index is 12.4. The van der Waals surface area contributed by atoms with Gasteiger partial charge in [0.15, 0.2) is 0 Å². The summed E-state index contributed by atoms with van der Waals surface area (Å²) in [5.41, 5.74) is 5.62. The summed E-state index contributed by atoms with van der Waals surface area (Å²) in [6.07, 6.45) is 6.36. The van der Waals surface area contributed by atoms with E-state index in [0.29, 0.717) is 12.8 Å². The molecule has 0 fully saturated rings. The zero-order valence-electron chi connectivity index (χ0n) is 15.2. The van der Waals surface area contributed by atoms with Crippen LogP contribution in [0.25, 0.3) is 6.08 Å². The summed E-state index contributed by atoms with van der Waals surface area (Å²) in [7, 11) is 0. The average molecular weight is 332 g/mol. The van der Waals surface area contributed by atoms with E-state index < -0.39 is 0 Å². The lowest BCUT2D eigenvalue weighted by Crippen LogP contribution is -2.15. The zero-order valence-corrected chi connectivity index (χ0v) is 15.2. The van der Waals surface area contributed by atoms with E-state index in [2.05, 4.69) is 63.0 Å². The third-order valence-electron chi connectivity index (χ3n) is 4.28. The van der Waals surface area contributed by atoms with Gasteiger partial charge < -0.3 is 0 Å². The predicted octanol–water partition coefficient (Wildman–Crippen LogP) is 5.70. The molecule has 0 aromatic heterocycles. The summed E-state index contributed by atoms with van der Waals surface area (Å²) in [4.78, 5) is 12.4. The minimum Gasteiger partial charge on any atom is -0.299 e. The fourth-order valence-corrected chi connectivity index (χ4v) is 3.20. The smallest absolute Gasteiger partial charge is 0.137 e. The summed E-state index contributed by atoms with van der Waals surface area (Å²) in [6.45, 7) is 6.29. The van der Waals surface area contributed by atoms with Crippen LogP contribution in [0.4, 0.5) is 0 Å². The molecule has 0 unspecified atom stereocenters. The number of carbonyl (C=O) groups excluding carboxylic acids is 1. The molecule has 3 rings (SSSR count). The lowest BCUT2D eigenvalue weighted by molar-refractivity contribution is -0.120. The Hall–Kier alpha value is -2.59. The van der Waals surface area contributed by atoms with E-state index in [0.717, 1.165) is 23.1 Å². The SMILES string of the molecule is CC(C)(C)CC(=O)Cc1ccccc1C#Cc1cccc2c1C=CC2.[HH].[HH]. The van der Waals surface area contributed by atoms with Crippen LogP contribution in [0, 0.1) is 17.3 Å². The largest absolute Gasteiger partial charge is 0.299 e. The number of benzene rings is 2. The normalized spacial score (nSPS) is 12.4. The van der Waals surface area contributed by atoms with E-state index in [1.165, 1.54) is 11.1 Å². The van der Waals surface area contributed by atoms with E-state index in [1.54, 1.807) is 0 Å². The van der Waals surface area contributed by atoms with Crippen LogP contribution >= 0.6 is 0 Å². The Kier molecular flexibility index (Phi) is 4.91. The molecule has 1 aliphatic rings. The average Bonchev–Trinajstić information content (AvgIpc) is 3.01. The van der Waals surface area contributed by atoms with Crippen molar-refractivity contribution in [2.45, 2.75) is 40.0 Å². The highest BCUT2D eigenvalue weighted by Gasteiger charge is 2.17. The molecule has 0 atom stereocenters. The van der Waals surface area contributed by atoms with E-state index in [9.17, 15) is 4.79 Å². The van der Waals surface area contributed by atoms with Gasteiger partial charge in [-0.1, -0.05) is 75.1 Å². The minimum atomic E-state index is 0. The molecule has 0 radical (unpaired) electrons. The van der Waals surface area contributed by atoms with Gasteiger partial charge in [0.05, 0.1) is 0 Å². The molecule has 0 heterocycles. The van der Waals surface area contributed by atoms with Gasteiger partial charge in [0.25, 0.3) is 0 Å². The molecule has 0 aliphatic heterocycles. The molecule has 0 saturated carbocycles. The fraction of sp³-hybridized carbons (Fsp3) is 0.292. The molecular weight excluding hydrogens is 304 g/mol. The first-order chi connectivity index (χ1) is 11.9. The van der Waals surface area contributed by atoms with Gasteiger partial charge in [-0.25, -0.2) is 0 Å². The molecule has 0 bridgehead atoms. The molecular formula is C24H28O. The summed E-state index contributed by atoms with van der Waals surface area (Å²) >= 11 is 0. The molecule has 1 aliphatic carbocycles. The molecule has 1 nitrogen and oxygen atoms in total. The number of allylic oxidation sites excluding steroid dienone is 1. The second kappa shape index (κ2) is 7.11. The molecule has 2 aromatic carbocycles. The van der Waals surface area contributed by atoms with Gasteiger partial charge in [0.2, 0.25) is 0 Å². The summed E-state index contributed by atoms with van der Waals surface area (Å²) in [5, 5.41) is 0. The van der Waals surface area contributed by atoms with E-state index in [4.69, 9.17) is 0 Å². The highest BCUT2D eigenvalue weighted by Crippen LogP contribution is 2.23. The molecule has 0 amide bonds. The van der Waals surface area contributed by atoms with Gasteiger partial charge in [-0.2, -0.15) is 0 Å². The number of carbonyl (C=O) groups is 1. The van der Waals surface area contributed by atoms with Crippen molar-refractivity contribution in [3.8, 4) is 11.8 Å². The molecule has 1 heteroatoms. The first-order valence-electron chi connectivity index (χ1n) is 8.82. The first-order valence-corrected chi connectivity index (χ1v) is 8.82. The topological polar surface area (TPSA) is 17.1 Å². The predicted molar refractivity (Wildman–Crippen MR) is 109 cm³/mol. The minimum absolute atomic E-state index is 0. The van der Waals surface area contributed by atoms with Gasteiger partial charge in [-0.15, -0.1) is 0 Å².